The van der Waals surface area contributed by atoms with E-state index in [1.807, 2.05) is 24.0 Å². The van der Waals surface area contributed by atoms with Crippen molar-refractivity contribution >= 4 is 22.7 Å². The molecule has 2 amide bonds. The number of nitrogens with one attached hydrogen (secondary N) is 1. The molecule has 0 unspecified atom stereocenters. The molecule has 3 aliphatic rings. The largest absolute Gasteiger partial charge is 0.379 e. The standard InChI is InChI=1S/C30H36N4O3/c1-3-21-9-11-22(12-10-21)24-19-34-26(35)20-33(14-6-13-32-15-17-37-18-16-32)29(36)30(34,2)28-27(24)23-7-4-5-8-25(23)31-28/h4-5,7-12,24,31H,3,6,13-20H2,1-2H3/t24-,30-/m0/s1. The molecule has 1 aromatic heterocycles. The number of aromatic nitrogens is 1. The van der Waals surface area contributed by atoms with Gasteiger partial charge in [-0.15, -0.1) is 0 Å². The number of carbonyl (C=O) groups excluding carboxylic acids is 2. The maximum absolute atomic E-state index is 14.2. The molecular formula is C30H36N4O3. The summed E-state index contributed by atoms with van der Waals surface area (Å²) in [4.78, 5) is 37.4. The van der Waals surface area contributed by atoms with Crippen LogP contribution >= 0.6 is 0 Å². The molecule has 0 aliphatic carbocycles. The van der Waals surface area contributed by atoms with Crippen molar-refractivity contribution < 1.29 is 14.3 Å². The molecule has 4 heterocycles. The lowest BCUT2D eigenvalue weighted by atomic mass is 9.76. The Morgan fingerprint density at radius 1 is 1.03 bits per heavy atom. The molecule has 1 N–H and O–H groups in total. The summed E-state index contributed by atoms with van der Waals surface area (Å²) in [5, 5.41) is 1.13. The first-order valence-corrected chi connectivity index (χ1v) is 13.6. The van der Waals surface area contributed by atoms with Crippen molar-refractivity contribution in [1.29, 1.82) is 0 Å². The smallest absolute Gasteiger partial charge is 0.254 e. The van der Waals surface area contributed by atoms with Crippen LogP contribution in [0.15, 0.2) is 48.5 Å². The normalized spacial score (nSPS) is 24.4. The van der Waals surface area contributed by atoms with Crippen LogP contribution in [-0.4, -0.2) is 84.0 Å². The van der Waals surface area contributed by atoms with E-state index >= 15 is 0 Å². The van der Waals surface area contributed by atoms with E-state index in [1.54, 1.807) is 4.90 Å². The number of aromatic amines is 1. The van der Waals surface area contributed by atoms with E-state index in [4.69, 9.17) is 4.74 Å². The van der Waals surface area contributed by atoms with Crippen molar-refractivity contribution in [3.05, 3.63) is 70.9 Å². The van der Waals surface area contributed by atoms with E-state index in [0.29, 0.717) is 13.1 Å². The second kappa shape index (κ2) is 9.62. The summed E-state index contributed by atoms with van der Waals surface area (Å²) in [6.07, 6.45) is 1.84. The van der Waals surface area contributed by atoms with Crippen LogP contribution in [0.1, 0.15) is 48.6 Å². The van der Waals surface area contributed by atoms with E-state index in [1.165, 1.54) is 11.1 Å². The van der Waals surface area contributed by atoms with E-state index in [-0.39, 0.29) is 24.3 Å². The van der Waals surface area contributed by atoms with Crippen LogP contribution in [0.5, 0.6) is 0 Å². The highest BCUT2D eigenvalue weighted by molar-refractivity contribution is 6.01. The summed E-state index contributed by atoms with van der Waals surface area (Å²) in [6, 6.07) is 17.0. The van der Waals surface area contributed by atoms with Gasteiger partial charge in [0, 0.05) is 49.5 Å². The van der Waals surface area contributed by atoms with Crippen LogP contribution in [-0.2, 0) is 26.3 Å². The van der Waals surface area contributed by atoms with Crippen LogP contribution < -0.4 is 0 Å². The highest BCUT2D eigenvalue weighted by Crippen LogP contribution is 2.48. The molecular weight excluding hydrogens is 464 g/mol. The first-order chi connectivity index (χ1) is 18.0. The SMILES string of the molecule is CCc1ccc([C@@H]2CN3C(=O)CN(CCCN4CCOCC4)C(=O)[C@]3(C)c3[nH]c4ccccc4c32)cc1. The minimum atomic E-state index is -1.04. The molecule has 7 nitrogen and oxygen atoms in total. The number of ether oxygens (including phenoxy) is 1. The van der Waals surface area contributed by atoms with Crippen molar-refractivity contribution in [2.75, 3.05) is 52.5 Å². The number of rotatable bonds is 6. The quantitative estimate of drug-likeness (QED) is 0.563. The number of amides is 2. The highest BCUT2D eigenvalue weighted by Gasteiger charge is 2.56. The molecule has 3 aliphatic heterocycles. The third-order valence-electron chi connectivity index (χ3n) is 8.61. The van der Waals surface area contributed by atoms with Gasteiger partial charge in [0.2, 0.25) is 5.91 Å². The Kier molecular flexibility index (Phi) is 6.29. The molecule has 2 aromatic carbocycles. The van der Waals surface area contributed by atoms with Gasteiger partial charge in [0.25, 0.3) is 5.91 Å². The van der Waals surface area contributed by atoms with E-state index in [9.17, 15) is 9.59 Å². The van der Waals surface area contributed by atoms with Crippen LogP contribution in [0.2, 0.25) is 0 Å². The van der Waals surface area contributed by atoms with Gasteiger partial charge in [-0.2, -0.15) is 0 Å². The van der Waals surface area contributed by atoms with Gasteiger partial charge in [0.05, 0.1) is 25.5 Å². The number of piperazine rings is 1. The van der Waals surface area contributed by atoms with Crippen molar-refractivity contribution in [3.63, 3.8) is 0 Å². The summed E-state index contributed by atoms with van der Waals surface area (Å²) in [6.45, 7) is 9.62. The molecule has 0 saturated carbocycles. The number of aryl methyl sites for hydroxylation is 1. The lowest BCUT2D eigenvalue weighted by Gasteiger charge is -2.51. The van der Waals surface area contributed by atoms with Crippen LogP contribution in [0, 0.1) is 0 Å². The van der Waals surface area contributed by atoms with E-state index < -0.39 is 5.54 Å². The Morgan fingerprint density at radius 3 is 2.54 bits per heavy atom. The fourth-order valence-electron chi connectivity index (χ4n) is 6.45. The molecule has 194 valence electrons. The summed E-state index contributed by atoms with van der Waals surface area (Å²) in [7, 11) is 0. The number of nitrogens with zero attached hydrogens (tertiary/aromatic N) is 3. The second-order valence-corrected chi connectivity index (χ2v) is 10.7. The van der Waals surface area contributed by atoms with Gasteiger partial charge in [-0.3, -0.25) is 14.5 Å². The summed E-state index contributed by atoms with van der Waals surface area (Å²) in [5.74, 6) is 0.0457. The number of hydrogen-bond acceptors (Lipinski definition) is 4. The Morgan fingerprint density at radius 2 is 1.78 bits per heavy atom. The Bertz CT molecular complexity index is 1310. The molecule has 2 fully saturated rings. The van der Waals surface area contributed by atoms with Crippen LogP contribution in [0.3, 0.4) is 0 Å². The zero-order chi connectivity index (χ0) is 25.6. The Hall–Kier alpha value is -3.16. The third kappa shape index (κ3) is 4.05. The van der Waals surface area contributed by atoms with Gasteiger partial charge >= 0.3 is 0 Å². The summed E-state index contributed by atoms with van der Waals surface area (Å²) < 4.78 is 5.45. The number of fused-ring (bicyclic) bond motifs is 5. The maximum Gasteiger partial charge on any atom is 0.254 e. The number of carbonyl (C=O) groups is 2. The number of H-pyrrole nitrogens is 1. The average molecular weight is 501 g/mol. The lowest BCUT2D eigenvalue weighted by Crippen LogP contribution is -2.67. The van der Waals surface area contributed by atoms with Gasteiger partial charge in [-0.25, -0.2) is 0 Å². The molecule has 0 spiro atoms. The zero-order valence-corrected chi connectivity index (χ0v) is 21.8. The highest BCUT2D eigenvalue weighted by atomic mass is 16.5. The van der Waals surface area contributed by atoms with Gasteiger partial charge in [0.1, 0.15) is 0 Å². The fraction of sp³-hybridized carbons (Fsp3) is 0.467. The topological polar surface area (TPSA) is 68.9 Å². The second-order valence-electron chi connectivity index (χ2n) is 10.7. The van der Waals surface area contributed by atoms with E-state index in [2.05, 4.69) is 53.2 Å². The van der Waals surface area contributed by atoms with Crippen LogP contribution in [0.25, 0.3) is 10.9 Å². The maximum atomic E-state index is 14.2. The van der Waals surface area contributed by atoms with Crippen molar-refractivity contribution in [2.45, 2.75) is 38.1 Å². The number of hydrogen-bond donors (Lipinski definition) is 1. The van der Waals surface area contributed by atoms with E-state index in [0.717, 1.165) is 67.8 Å². The first kappa shape index (κ1) is 24.2. The molecule has 0 bridgehead atoms. The Balaban J connectivity index is 1.36. The van der Waals surface area contributed by atoms with Gasteiger partial charge in [-0.1, -0.05) is 49.4 Å². The molecule has 0 radical (unpaired) electrons. The molecule has 6 rings (SSSR count). The van der Waals surface area contributed by atoms with Gasteiger partial charge in [-0.05, 0) is 42.5 Å². The molecule has 2 saturated heterocycles. The first-order valence-electron chi connectivity index (χ1n) is 13.6. The molecule has 2 atom stereocenters. The summed E-state index contributed by atoms with van der Waals surface area (Å²) in [5.41, 5.74) is 4.45. The molecule has 7 heteroatoms. The van der Waals surface area contributed by atoms with Crippen molar-refractivity contribution in [3.8, 4) is 0 Å². The Labute approximate surface area is 218 Å². The number of para-hydroxylation sites is 1. The predicted molar refractivity (Wildman–Crippen MR) is 143 cm³/mol. The average Bonchev–Trinajstić information content (AvgIpc) is 3.33. The third-order valence-corrected chi connectivity index (χ3v) is 8.61. The zero-order valence-electron chi connectivity index (χ0n) is 21.8. The van der Waals surface area contributed by atoms with Gasteiger partial charge < -0.3 is 19.5 Å². The number of benzene rings is 2. The minimum absolute atomic E-state index is 0.00903. The van der Waals surface area contributed by atoms with Crippen molar-refractivity contribution in [1.82, 2.24) is 19.7 Å². The monoisotopic (exact) mass is 500 g/mol. The number of morpholine rings is 1. The lowest BCUT2D eigenvalue weighted by molar-refractivity contribution is -0.166. The van der Waals surface area contributed by atoms with Crippen molar-refractivity contribution in [2.24, 2.45) is 0 Å². The van der Waals surface area contributed by atoms with Crippen LogP contribution in [0.4, 0.5) is 0 Å². The predicted octanol–water partition coefficient (Wildman–Crippen LogP) is 3.48. The van der Waals surface area contributed by atoms with Gasteiger partial charge in [0.15, 0.2) is 5.54 Å². The fourth-order valence-corrected chi connectivity index (χ4v) is 6.45. The minimum Gasteiger partial charge on any atom is -0.379 e. The molecule has 3 aromatic rings. The summed E-state index contributed by atoms with van der Waals surface area (Å²) >= 11 is 0. The molecule has 37 heavy (non-hydrogen) atoms.